The van der Waals surface area contributed by atoms with Gasteiger partial charge in [0, 0.05) is 24.6 Å². The van der Waals surface area contributed by atoms with Crippen molar-refractivity contribution in [2.24, 2.45) is 10.2 Å². The number of hydrogen-bond acceptors (Lipinski definition) is 5. The Morgan fingerprint density at radius 2 is 1.61 bits per heavy atom. The van der Waals surface area contributed by atoms with Crippen LogP contribution in [0.4, 0.5) is 11.4 Å². The number of rotatable bonds is 10. The van der Waals surface area contributed by atoms with E-state index in [0.29, 0.717) is 6.61 Å². The lowest BCUT2D eigenvalue weighted by molar-refractivity contribution is 0.273. The second-order valence-corrected chi connectivity index (χ2v) is 6.44. The first-order chi connectivity index (χ1) is 13.9. The number of azo groups is 1. The van der Waals surface area contributed by atoms with E-state index in [-0.39, 0.29) is 6.61 Å². The molecule has 0 aliphatic heterocycles. The number of hydrogen-bond donors (Lipinski definition) is 1. The maximum absolute atomic E-state index is 8.83. The zero-order valence-corrected chi connectivity index (χ0v) is 15.9. The van der Waals surface area contributed by atoms with Gasteiger partial charge in [0.1, 0.15) is 5.75 Å². The summed E-state index contributed by atoms with van der Waals surface area (Å²) in [5.74, 6) is 0.813. The fraction of sp³-hybridized carbons (Fsp3) is 0.261. The minimum absolute atomic E-state index is 0.259. The lowest BCUT2D eigenvalue weighted by atomic mass is 10.0. The normalized spacial score (nSPS) is 11.0. The van der Waals surface area contributed by atoms with Crippen LogP contribution in [0.15, 0.2) is 83.3 Å². The Bertz CT molecular complexity index is 868. The van der Waals surface area contributed by atoms with Crippen molar-refractivity contribution in [2.45, 2.75) is 25.7 Å². The van der Waals surface area contributed by atoms with E-state index in [1.807, 2.05) is 60.7 Å². The van der Waals surface area contributed by atoms with E-state index in [1.54, 1.807) is 12.4 Å². The fourth-order valence-corrected chi connectivity index (χ4v) is 2.82. The lowest BCUT2D eigenvalue weighted by Crippen LogP contribution is -1.98. The minimum Gasteiger partial charge on any atom is -0.494 e. The molecule has 2 aromatic carbocycles. The van der Waals surface area contributed by atoms with E-state index in [1.165, 1.54) is 0 Å². The van der Waals surface area contributed by atoms with E-state index in [4.69, 9.17) is 9.84 Å². The van der Waals surface area contributed by atoms with Crippen LogP contribution >= 0.6 is 0 Å². The Kier molecular flexibility index (Phi) is 7.70. The summed E-state index contributed by atoms with van der Waals surface area (Å²) in [4.78, 5) is 4.10. The van der Waals surface area contributed by atoms with E-state index in [2.05, 4.69) is 15.2 Å². The van der Waals surface area contributed by atoms with Crippen LogP contribution in [0.25, 0.3) is 11.1 Å². The molecule has 5 heteroatoms. The second kappa shape index (κ2) is 10.9. The highest BCUT2D eigenvalue weighted by molar-refractivity contribution is 5.76. The van der Waals surface area contributed by atoms with Gasteiger partial charge in [-0.1, -0.05) is 24.6 Å². The molecule has 5 nitrogen and oxygen atoms in total. The van der Waals surface area contributed by atoms with Crippen molar-refractivity contribution in [3.8, 4) is 16.9 Å². The van der Waals surface area contributed by atoms with Gasteiger partial charge in [0.05, 0.1) is 18.0 Å². The number of unbranched alkanes of at least 4 members (excludes halogenated alkanes) is 3. The average molecular weight is 375 g/mol. The van der Waals surface area contributed by atoms with Crippen LogP contribution in [0.1, 0.15) is 25.7 Å². The summed E-state index contributed by atoms with van der Waals surface area (Å²) >= 11 is 0. The van der Waals surface area contributed by atoms with Crippen LogP contribution < -0.4 is 4.74 Å². The van der Waals surface area contributed by atoms with Crippen LogP contribution in [0.2, 0.25) is 0 Å². The summed E-state index contributed by atoms with van der Waals surface area (Å²) in [6.45, 7) is 0.918. The standard InChI is InChI=1S/C23H25N3O2/c27-16-6-1-2-7-17-28-21-10-11-23(26-25-20-8-4-3-5-9-20)22(18-21)19-12-14-24-15-13-19/h3-5,8-15,18,27H,1-2,6-7,16-17H2. The summed E-state index contributed by atoms with van der Waals surface area (Å²) in [6.07, 6.45) is 7.44. The van der Waals surface area contributed by atoms with Gasteiger partial charge < -0.3 is 9.84 Å². The Hall–Kier alpha value is -3.05. The summed E-state index contributed by atoms with van der Waals surface area (Å²) in [5, 5.41) is 17.6. The van der Waals surface area contributed by atoms with Gasteiger partial charge in [-0.2, -0.15) is 5.11 Å². The molecule has 0 atom stereocenters. The van der Waals surface area contributed by atoms with Gasteiger partial charge in [-0.25, -0.2) is 0 Å². The third-order valence-corrected chi connectivity index (χ3v) is 4.31. The van der Waals surface area contributed by atoms with Crippen LogP contribution in [0.3, 0.4) is 0 Å². The van der Waals surface area contributed by atoms with Crippen molar-refractivity contribution in [3.63, 3.8) is 0 Å². The quantitative estimate of drug-likeness (QED) is 0.344. The molecule has 1 aromatic heterocycles. The highest BCUT2D eigenvalue weighted by Gasteiger charge is 2.07. The number of nitrogens with zero attached hydrogens (tertiary/aromatic N) is 3. The maximum Gasteiger partial charge on any atom is 0.120 e. The van der Waals surface area contributed by atoms with Crippen molar-refractivity contribution < 1.29 is 9.84 Å². The van der Waals surface area contributed by atoms with E-state index < -0.39 is 0 Å². The Morgan fingerprint density at radius 3 is 2.39 bits per heavy atom. The summed E-state index contributed by atoms with van der Waals surface area (Å²) in [7, 11) is 0. The van der Waals surface area contributed by atoms with Gasteiger partial charge in [0.25, 0.3) is 0 Å². The third-order valence-electron chi connectivity index (χ3n) is 4.31. The topological polar surface area (TPSA) is 67.1 Å². The molecule has 3 rings (SSSR count). The maximum atomic E-state index is 8.83. The van der Waals surface area contributed by atoms with Crippen LogP contribution in [0, 0.1) is 0 Å². The fourth-order valence-electron chi connectivity index (χ4n) is 2.82. The van der Waals surface area contributed by atoms with Crippen LogP contribution in [-0.2, 0) is 0 Å². The molecule has 0 bridgehead atoms. The molecule has 0 spiro atoms. The third kappa shape index (κ3) is 5.99. The van der Waals surface area contributed by atoms with Gasteiger partial charge in [-0.15, -0.1) is 5.11 Å². The molecule has 0 aliphatic rings. The molecule has 0 fully saturated rings. The molecule has 0 saturated carbocycles. The van der Waals surface area contributed by atoms with E-state index in [9.17, 15) is 0 Å². The first kappa shape index (κ1) is 19.7. The SMILES string of the molecule is OCCCCCCOc1ccc(N=Nc2ccccc2)c(-c2ccncc2)c1. The predicted octanol–water partition coefficient (Wildman–Crippen LogP) is 6.10. The van der Waals surface area contributed by atoms with Crippen LogP contribution in [0.5, 0.6) is 5.75 Å². The van der Waals surface area contributed by atoms with Crippen molar-refractivity contribution in [3.05, 3.63) is 73.1 Å². The minimum atomic E-state index is 0.259. The Morgan fingerprint density at radius 1 is 0.821 bits per heavy atom. The van der Waals surface area contributed by atoms with E-state index >= 15 is 0 Å². The largest absolute Gasteiger partial charge is 0.494 e. The first-order valence-electron chi connectivity index (χ1n) is 9.62. The summed E-state index contributed by atoms with van der Waals surface area (Å²) in [5.41, 5.74) is 3.57. The van der Waals surface area contributed by atoms with Gasteiger partial charge >= 0.3 is 0 Å². The molecule has 0 aliphatic carbocycles. The number of aliphatic hydroxyl groups excluding tert-OH is 1. The molecule has 28 heavy (non-hydrogen) atoms. The van der Waals surface area contributed by atoms with Crippen molar-refractivity contribution >= 4 is 11.4 Å². The van der Waals surface area contributed by atoms with Crippen molar-refractivity contribution in [2.75, 3.05) is 13.2 Å². The molecule has 0 radical (unpaired) electrons. The predicted molar refractivity (Wildman–Crippen MR) is 111 cm³/mol. The van der Waals surface area contributed by atoms with E-state index in [0.717, 1.165) is 53.9 Å². The molecule has 3 aromatic rings. The lowest BCUT2D eigenvalue weighted by Gasteiger charge is -2.10. The second-order valence-electron chi connectivity index (χ2n) is 6.44. The Balaban J connectivity index is 1.75. The van der Waals surface area contributed by atoms with Crippen molar-refractivity contribution in [1.29, 1.82) is 0 Å². The van der Waals surface area contributed by atoms with Gasteiger partial charge in [-0.3, -0.25) is 4.98 Å². The smallest absolute Gasteiger partial charge is 0.120 e. The molecule has 0 saturated heterocycles. The number of pyridine rings is 1. The highest BCUT2D eigenvalue weighted by atomic mass is 16.5. The molecular formula is C23H25N3O2. The first-order valence-corrected chi connectivity index (χ1v) is 9.62. The average Bonchev–Trinajstić information content (AvgIpc) is 2.76. The van der Waals surface area contributed by atoms with Crippen molar-refractivity contribution in [1.82, 2.24) is 4.98 Å². The molecule has 1 N–H and O–H groups in total. The van der Waals surface area contributed by atoms with Crippen LogP contribution in [-0.4, -0.2) is 23.3 Å². The number of aromatic nitrogens is 1. The molecule has 1 heterocycles. The van der Waals surface area contributed by atoms with Gasteiger partial charge in [0.15, 0.2) is 0 Å². The number of aliphatic hydroxyl groups is 1. The zero-order chi connectivity index (χ0) is 19.4. The monoisotopic (exact) mass is 375 g/mol. The molecule has 0 unspecified atom stereocenters. The molecular weight excluding hydrogens is 350 g/mol. The highest BCUT2D eigenvalue weighted by Crippen LogP contribution is 2.34. The van der Waals surface area contributed by atoms with Gasteiger partial charge in [0.2, 0.25) is 0 Å². The summed E-state index contributed by atoms with van der Waals surface area (Å²) in [6, 6.07) is 19.4. The molecule has 0 amide bonds. The molecule has 144 valence electrons. The zero-order valence-electron chi connectivity index (χ0n) is 15.9. The summed E-state index contributed by atoms with van der Waals surface area (Å²) < 4.78 is 5.92. The number of benzene rings is 2. The number of ether oxygens (including phenoxy) is 1. The Labute approximate surface area is 165 Å². The van der Waals surface area contributed by atoms with Gasteiger partial charge in [-0.05, 0) is 67.3 Å².